The molecule has 8 heteroatoms. The Balaban J connectivity index is 1.31. The fraction of sp³-hybridized carbons (Fsp3) is 0.292. The maximum atomic E-state index is 12.6. The molecule has 3 aromatic rings. The van der Waals surface area contributed by atoms with Crippen molar-refractivity contribution < 1.29 is 19.0 Å². The first-order chi connectivity index (χ1) is 15.7. The Morgan fingerprint density at radius 2 is 1.44 bits per heavy atom. The van der Waals surface area contributed by atoms with E-state index < -0.39 is 0 Å². The highest BCUT2D eigenvalue weighted by atomic mass is 16.5. The molecule has 166 valence electrons. The molecule has 0 bridgehead atoms. The monoisotopic (exact) mass is 434 g/mol. The summed E-state index contributed by atoms with van der Waals surface area (Å²) in [7, 11) is 3.26. The van der Waals surface area contributed by atoms with Gasteiger partial charge in [-0.25, -0.2) is 9.97 Å². The first kappa shape index (κ1) is 21.4. The molecule has 8 nitrogen and oxygen atoms in total. The molecular formula is C24H26N4O4. The summed E-state index contributed by atoms with van der Waals surface area (Å²) < 4.78 is 16.0. The molecule has 1 aliphatic heterocycles. The first-order valence-corrected chi connectivity index (χ1v) is 10.4. The standard InChI is InChI=1S/C24H26N4O4/c1-30-19-5-3-18(4-6-19)22-15-23(26-17-25-22)27-11-13-28(14-12-27)24(29)16-32-21-9-7-20(31-2)8-10-21/h3-10,15,17H,11-14,16H2,1-2H3. The fourth-order valence-electron chi connectivity index (χ4n) is 3.53. The third-order valence-corrected chi connectivity index (χ3v) is 5.42. The average Bonchev–Trinajstić information content (AvgIpc) is 2.88. The van der Waals surface area contributed by atoms with Gasteiger partial charge in [-0.15, -0.1) is 0 Å². The Bertz CT molecular complexity index is 1030. The molecule has 0 N–H and O–H groups in total. The second-order valence-corrected chi connectivity index (χ2v) is 7.32. The molecule has 1 amide bonds. The van der Waals surface area contributed by atoms with E-state index in [-0.39, 0.29) is 12.5 Å². The largest absolute Gasteiger partial charge is 0.497 e. The van der Waals surface area contributed by atoms with Crippen LogP contribution in [0.1, 0.15) is 0 Å². The molecule has 2 heterocycles. The highest BCUT2D eigenvalue weighted by Gasteiger charge is 2.22. The van der Waals surface area contributed by atoms with Gasteiger partial charge in [0, 0.05) is 37.8 Å². The summed E-state index contributed by atoms with van der Waals surface area (Å²) in [5, 5.41) is 0. The van der Waals surface area contributed by atoms with Crippen LogP contribution >= 0.6 is 0 Å². The lowest BCUT2D eigenvalue weighted by atomic mass is 10.1. The zero-order valence-corrected chi connectivity index (χ0v) is 18.2. The molecule has 0 aliphatic carbocycles. The topological polar surface area (TPSA) is 77.0 Å². The van der Waals surface area contributed by atoms with Crippen LogP contribution in [0.25, 0.3) is 11.3 Å². The molecule has 1 aliphatic rings. The number of carbonyl (C=O) groups excluding carboxylic acids is 1. The molecule has 1 saturated heterocycles. The molecule has 0 saturated carbocycles. The average molecular weight is 434 g/mol. The number of hydrogen-bond acceptors (Lipinski definition) is 7. The van der Waals surface area contributed by atoms with Gasteiger partial charge in [-0.1, -0.05) is 0 Å². The molecule has 0 radical (unpaired) electrons. The summed E-state index contributed by atoms with van der Waals surface area (Å²) in [5.74, 6) is 3.03. The quantitative estimate of drug-likeness (QED) is 0.566. The van der Waals surface area contributed by atoms with Gasteiger partial charge < -0.3 is 24.0 Å². The van der Waals surface area contributed by atoms with Crippen LogP contribution in [0.2, 0.25) is 0 Å². The molecule has 1 aromatic heterocycles. The van der Waals surface area contributed by atoms with Crippen LogP contribution in [0.5, 0.6) is 17.2 Å². The molecular weight excluding hydrogens is 408 g/mol. The van der Waals surface area contributed by atoms with Crippen molar-refractivity contribution in [2.24, 2.45) is 0 Å². The zero-order valence-electron chi connectivity index (χ0n) is 18.2. The third-order valence-electron chi connectivity index (χ3n) is 5.42. The predicted octanol–water partition coefficient (Wildman–Crippen LogP) is 2.89. The van der Waals surface area contributed by atoms with Crippen molar-refractivity contribution in [3.63, 3.8) is 0 Å². The van der Waals surface area contributed by atoms with Crippen molar-refractivity contribution in [2.75, 3.05) is 51.9 Å². The van der Waals surface area contributed by atoms with Gasteiger partial charge in [-0.05, 0) is 48.5 Å². The van der Waals surface area contributed by atoms with Crippen LogP contribution in [0.15, 0.2) is 60.9 Å². The summed E-state index contributed by atoms with van der Waals surface area (Å²) in [4.78, 5) is 25.4. The normalized spacial score (nSPS) is 13.6. The summed E-state index contributed by atoms with van der Waals surface area (Å²) in [5.41, 5.74) is 1.85. The Morgan fingerprint density at radius 3 is 2.06 bits per heavy atom. The minimum atomic E-state index is -0.0259. The maximum absolute atomic E-state index is 12.6. The van der Waals surface area contributed by atoms with E-state index in [0.29, 0.717) is 31.9 Å². The minimum Gasteiger partial charge on any atom is -0.497 e. The first-order valence-electron chi connectivity index (χ1n) is 10.4. The number of benzene rings is 2. The highest BCUT2D eigenvalue weighted by molar-refractivity contribution is 5.78. The highest BCUT2D eigenvalue weighted by Crippen LogP contribution is 2.24. The summed E-state index contributed by atoms with van der Waals surface area (Å²) in [6.07, 6.45) is 1.58. The van der Waals surface area contributed by atoms with Crippen LogP contribution in [0.4, 0.5) is 5.82 Å². The zero-order chi connectivity index (χ0) is 22.3. The van der Waals surface area contributed by atoms with Crippen LogP contribution in [-0.2, 0) is 4.79 Å². The van der Waals surface area contributed by atoms with Crippen molar-refractivity contribution in [1.82, 2.24) is 14.9 Å². The minimum absolute atomic E-state index is 0.0153. The lowest BCUT2D eigenvalue weighted by Gasteiger charge is -2.35. The van der Waals surface area contributed by atoms with Gasteiger partial charge in [0.25, 0.3) is 5.91 Å². The van der Waals surface area contributed by atoms with Gasteiger partial charge in [0.2, 0.25) is 0 Å². The Morgan fingerprint density at radius 1 is 0.844 bits per heavy atom. The molecule has 4 rings (SSSR count). The van der Waals surface area contributed by atoms with E-state index in [1.807, 2.05) is 35.2 Å². The number of anilines is 1. The fourth-order valence-corrected chi connectivity index (χ4v) is 3.53. The Hall–Kier alpha value is -3.81. The number of carbonyl (C=O) groups is 1. The number of methoxy groups -OCH3 is 2. The van der Waals surface area contributed by atoms with Crippen molar-refractivity contribution >= 4 is 11.7 Å². The van der Waals surface area contributed by atoms with E-state index >= 15 is 0 Å². The SMILES string of the molecule is COc1ccc(OCC(=O)N2CCN(c3cc(-c4ccc(OC)cc4)ncn3)CC2)cc1. The van der Waals surface area contributed by atoms with E-state index in [9.17, 15) is 4.79 Å². The number of rotatable bonds is 7. The van der Waals surface area contributed by atoms with Crippen molar-refractivity contribution in [2.45, 2.75) is 0 Å². The van der Waals surface area contributed by atoms with E-state index in [1.54, 1.807) is 44.8 Å². The summed E-state index contributed by atoms with van der Waals surface area (Å²) in [6, 6.07) is 17.0. The summed E-state index contributed by atoms with van der Waals surface area (Å²) >= 11 is 0. The molecule has 2 aromatic carbocycles. The van der Waals surface area contributed by atoms with Gasteiger partial charge >= 0.3 is 0 Å². The molecule has 0 unspecified atom stereocenters. The van der Waals surface area contributed by atoms with E-state index in [4.69, 9.17) is 14.2 Å². The number of piperazine rings is 1. The summed E-state index contributed by atoms with van der Waals surface area (Å²) in [6.45, 7) is 2.65. The van der Waals surface area contributed by atoms with Crippen LogP contribution in [0, 0.1) is 0 Å². The molecule has 1 fully saturated rings. The van der Waals surface area contributed by atoms with E-state index in [0.717, 1.165) is 28.6 Å². The van der Waals surface area contributed by atoms with Crippen LogP contribution < -0.4 is 19.1 Å². The number of nitrogens with zero attached hydrogens (tertiary/aromatic N) is 4. The van der Waals surface area contributed by atoms with E-state index in [2.05, 4.69) is 14.9 Å². The number of amides is 1. The maximum Gasteiger partial charge on any atom is 0.260 e. The van der Waals surface area contributed by atoms with Gasteiger partial charge in [0.15, 0.2) is 6.61 Å². The van der Waals surface area contributed by atoms with Gasteiger partial charge in [0.05, 0.1) is 19.9 Å². The van der Waals surface area contributed by atoms with Gasteiger partial charge in [-0.3, -0.25) is 4.79 Å². The third kappa shape index (κ3) is 5.08. The lowest BCUT2D eigenvalue weighted by molar-refractivity contribution is -0.133. The van der Waals surface area contributed by atoms with Crippen LogP contribution in [-0.4, -0.2) is 67.8 Å². The predicted molar refractivity (Wildman–Crippen MR) is 121 cm³/mol. The van der Waals surface area contributed by atoms with E-state index in [1.165, 1.54) is 0 Å². The Labute approximate surface area is 187 Å². The molecule has 0 atom stereocenters. The van der Waals surface area contributed by atoms with Crippen molar-refractivity contribution in [3.05, 3.63) is 60.9 Å². The number of aromatic nitrogens is 2. The molecule has 0 spiro atoms. The van der Waals surface area contributed by atoms with Gasteiger partial charge in [0.1, 0.15) is 29.4 Å². The second kappa shape index (κ2) is 10.00. The lowest BCUT2D eigenvalue weighted by Crippen LogP contribution is -2.50. The van der Waals surface area contributed by atoms with Gasteiger partial charge in [-0.2, -0.15) is 0 Å². The molecule has 32 heavy (non-hydrogen) atoms. The number of hydrogen-bond donors (Lipinski definition) is 0. The smallest absolute Gasteiger partial charge is 0.260 e. The van der Waals surface area contributed by atoms with Crippen LogP contribution in [0.3, 0.4) is 0 Å². The van der Waals surface area contributed by atoms with Crippen molar-refractivity contribution in [3.8, 4) is 28.5 Å². The van der Waals surface area contributed by atoms with Crippen molar-refractivity contribution in [1.29, 1.82) is 0 Å². The Kier molecular flexibility index (Phi) is 6.69. The second-order valence-electron chi connectivity index (χ2n) is 7.32. The number of ether oxygens (including phenoxy) is 3.